The highest BCUT2D eigenvalue weighted by Crippen LogP contribution is 2.20. The second-order valence-corrected chi connectivity index (χ2v) is 2.94. The van der Waals surface area contributed by atoms with Gasteiger partial charge in [-0.1, -0.05) is 12.2 Å². The highest BCUT2D eigenvalue weighted by Gasteiger charge is 2.39. The van der Waals surface area contributed by atoms with E-state index in [9.17, 15) is 9.59 Å². The van der Waals surface area contributed by atoms with Crippen molar-refractivity contribution in [1.29, 1.82) is 0 Å². The number of carbonyl (C=O) groups excluding carboxylic acids is 2. The minimum absolute atomic E-state index is 0.0649. The maximum absolute atomic E-state index is 11.2. The van der Waals surface area contributed by atoms with E-state index in [1.807, 2.05) is 19.1 Å². The molecule has 13 heavy (non-hydrogen) atoms. The molecule has 0 aromatic rings. The molecule has 1 heterocycles. The number of rotatable bonds is 2. The van der Waals surface area contributed by atoms with E-state index in [0.29, 0.717) is 6.54 Å². The molecule has 1 N–H and O–H groups in total. The summed E-state index contributed by atoms with van der Waals surface area (Å²) in [6.07, 6.45) is 3.68. The maximum Gasteiger partial charge on any atom is 0.318 e. The van der Waals surface area contributed by atoms with Gasteiger partial charge in [0.25, 0.3) is 0 Å². The molecule has 0 spiro atoms. The van der Waals surface area contributed by atoms with E-state index in [2.05, 4.69) is 10.1 Å². The van der Waals surface area contributed by atoms with Gasteiger partial charge in [0.2, 0.25) is 5.91 Å². The molecule has 0 saturated carbocycles. The lowest BCUT2D eigenvalue weighted by atomic mass is 9.95. The van der Waals surface area contributed by atoms with Gasteiger partial charge in [-0.05, 0) is 6.92 Å². The van der Waals surface area contributed by atoms with Crippen molar-refractivity contribution in [3.63, 3.8) is 0 Å². The zero-order chi connectivity index (χ0) is 9.84. The standard InChI is InChI=1S/C9H13NO3/c1-3-4-6-5-10-8(11)7(6)9(12)13-2/h3-4,6-7H,5H2,1-2H3,(H,10,11)/b4-3+. The molecule has 1 fully saturated rings. The van der Waals surface area contributed by atoms with Crippen LogP contribution in [0.25, 0.3) is 0 Å². The third-order valence-corrected chi connectivity index (χ3v) is 2.12. The minimum Gasteiger partial charge on any atom is -0.468 e. The summed E-state index contributed by atoms with van der Waals surface area (Å²) in [5.41, 5.74) is 0. The number of methoxy groups -OCH3 is 1. The summed E-state index contributed by atoms with van der Waals surface area (Å²) < 4.78 is 4.55. The molecule has 1 amide bonds. The molecule has 0 aromatic heterocycles. The van der Waals surface area contributed by atoms with Crippen molar-refractivity contribution in [3.05, 3.63) is 12.2 Å². The summed E-state index contributed by atoms with van der Waals surface area (Å²) in [4.78, 5) is 22.4. The van der Waals surface area contributed by atoms with Gasteiger partial charge in [-0.15, -0.1) is 0 Å². The number of ether oxygens (including phenoxy) is 1. The first kappa shape index (κ1) is 9.77. The molecular formula is C9H13NO3. The molecule has 2 unspecified atom stereocenters. The Morgan fingerprint density at radius 1 is 1.69 bits per heavy atom. The molecule has 4 heteroatoms. The van der Waals surface area contributed by atoms with Crippen LogP contribution in [-0.4, -0.2) is 25.5 Å². The SMILES string of the molecule is C/C=C/C1CNC(=O)C1C(=O)OC. The second kappa shape index (κ2) is 4.07. The van der Waals surface area contributed by atoms with Gasteiger partial charge in [0, 0.05) is 12.5 Å². The van der Waals surface area contributed by atoms with Crippen molar-refractivity contribution >= 4 is 11.9 Å². The van der Waals surface area contributed by atoms with E-state index >= 15 is 0 Å². The molecule has 1 rings (SSSR count). The zero-order valence-electron chi connectivity index (χ0n) is 7.74. The first-order valence-electron chi connectivity index (χ1n) is 4.19. The van der Waals surface area contributed by atoms with Gasteiger partial charge in [-0.2, -0.15) is 0 Å². The van der Waals surface area contributed by atoms with E-state index in [-0.39, 0.29) is 11.8 Å². The van der Waals surface area contributed by atoms with E-state index in [1.54, 1.807) is 0 Å². The summed E-state index contributed by atoms with van der Waals surface area (Å²) in [6.45, 7) is 2.38. The Balaban J connectivity index is 2.76. The molecule has 1 aliphatic rings. The molecule has 0 bridgehead atoms. The first-order valence-corrected chi connectivity index (χ1v) is 4.19. The summed E-state index contributed by atoms with van der Waals surface area (Å²) in [5.74, 6) is -1.43. The molecule has 0 aliphatic carbocycles. The van der Waals surface area contributed by atoms with Crippen LogP contribution in [0, 0.1) is 11.8 Å². The Kier molecular flexibility index (Phi) is 3.06. The Morgan fingerprint density at radius 2 is 2.38 bits per heavy atom. The smallest absolute Gasteiger partial charge is 0.318 e. The Hall–Kier alpha value is -1.32. The zero-order valence-corrected chi connectivity index (χ0v) is 7.74. The van der Waals surface area contributed by atoms with Crippen LogP contribution in [0.3, 0.4) is 0 Å². The first-order chi connectivity index (χ1) is 6.20. The van der Waals surface area contributed by atoms with Crippen molar-refractivity contribution in [3.8, 4) is 0 Å². The van der Waals surface area contributed by atoms with Crippen molar-refractivity contribution in [2.75, 3.05) is 13.7 Å². The number of hydrogen-bond donors (Lipinski definition) is 1. The molecule has 2 atom stereocenters. The molecule has 0 radical (unpaired) electrons. The van der Waals surface area contributed by atoms with Gasteiger partial charge >= 0.3 is 5.97 Å². The van der Waals surface area contributed by atoms with Crippen molar-refractivity contribution in [2.45, 2.75) is 6.92 Å². The maximum atomic E-state index is 11.2. The van der Waals surface area contributed by atoms with Crippen LogP contribution in [-0.2, 0) is 14.3 Å². The number of esters is 1. The van der Waals surface area contributed by atoms with Crippen molar-refractivity contribution in [1.82, 2.24) is 5.32 Å². The normalized spacial score (nSPS) is 27.7. The average molecular weight is 183 g/mol. The third-order valence-electron chi connectivity index (χ3n) is 2.12. The summed E-state index contributed by atoms with van der Waals surface area (Å²) in [7, 11) is 1.29. The molecule has 0 aromatic carbocycles. The summed E-state index contributed by atoms with van der Waals surface area (Å²) >= 11 is 0. The van der Waals surface area contributed by atoms with Gasteiger partial charge in [-0.3, -0.25) is 9.59 Å². The number of hydrogen-bond acceptors (Lipinski definition) is 3. The predicted molar refractivity (Wildman–Crippen MR) is 46.8 cm³/mol. The van der Waals surface area contributed by atoms with Gasteiger partial charge in [-0.25, -0.2) is 0 Å². The number of nitrogens with one attached hydrogen (secondary N) is 1. The van der Waals surface area contributed by atoms with E-state index < -0.39 is 11.9 Å². The van der Waals surface area contributed by atoms with Crippen molar-refractivity contribution in [2.24, 2.45) is 11.8 Å². The van der Waals surface area contributed by atoms with E-state index in [0.717, 1.165) is 0 Å². The topological polar surface area (TPSA) is 55.4 Å². The number of carbonyl (C=O) groups is 2. The number of allylic oxidation sites excluding steroid dienone is 1. The highest BCUT2D eigenvalue weighted by molar-refractivity contribution is 5.99. The lowest BCUT2D eigenvalue weighted by molar-refractivity contribution is -0.149. The Bertz CT molecular complexity index is 247. The quantitative estimate of drug-likeness (QED) is 0.375. The molecule has 1 aliphatic heterocycles. The Morgan fingerprint density at radius 3 is 2.92 bits per heavy atom. The van der Waals surface area contributed by atoms with Crippen LogP contribution in [0.1, 0.15) is 6.92 Å². The summed E-state index contributed by atoms with van der Waals surface area (Å²) in [6, 6.07) is 0. The van der Waals surface area contributed by atoms with Crippen LogP contribution < -0.4 is 5.32 Å². The van der Waals surface area contributed by atoms with E-state index in [1.165, 1.54) is 7.11 Å². The van der Waals surface area contributed by atoms with Crippen LogP contribution in [0.15, 0.2) is 12.2 Å². The predicted octanol–water partition coefficient (Wildman–Crippen LogP) is 0.0977. The second-order valence-electron chi connectivity index (χ2n) is 2.94. The van der Waals surface area contributed by atoms with Crippen LogP contribution in [0.4, 0.5) is 0 Å². The minimum atomic E-state index is -0.666. The summed E-state index contributed by atoms with van der Waals surface area (Å²) in [5, 5.41) is 2.63. The third kappa shape index (κ3) is 1.88. The monoisotopic (exact) mass is 183 g/mol. The van der Waals surface area contributed by atoms with Gasteiger partial charge in [0.15, 0.2) is 0 Å². The lowest BCUT2D eigenvalue weighted by Gasteiger charge is -2.09. The highest BCUT2D eigenvalue weighted by atomic mass is 16.5. The van der Waals surface area contributed by atoms with Crippen molar-refractivity contribution < 1.29 is 14.3 Å². The van der Waals surface area contributed by atoms with Gasteiger partial charge < -0.3 is 10.1 Å². The van der Waals surface area contributed by atoms with Crippen LogP contribution >= 0.6 is 0 Å². The van der Waals surface area contributed by atoms with Crippen LogP contribution in [0.5, 0.6) is 0 Å². The molecule has 72 valence electrons. The molecular weight excluding hydrogens is 170 g/mol. The number of amides is 1. The fourth-order valence-electron chi connectivity index (χ4n) is 1.48. The van der Waals surface area contributed by atoms with Gasteiger partial charge in [0.05, 0.1) is 7.11 Å². The lowest BCUT2D eigenvalue weighted by Crippen LogP contribution is -2.28. The molecule has 1 saturated heterocycles. The van der Waals surface area contributed by atoms with Gasteiger partial charge in [0.1, 0.15) is 5.92 Å². The van der Waals surface area contributed by atoms with Crippen LogP contribution in [0.2, 0.25) is 0 Å². The average Bonchev–Trinajstić information content (AvgIpc) is 2.47. The van der Waals surface area contributed by atoms with E-state index in [4.69, 9.17) is 0 Å². The largest absolute Gasteiger partial charge is 0.468 e. The molecule has 4 nitrogen and oxygen atoms in total. The fourth-order valence-corrected chi connectivity index (χ4v) is 1.48. The fraction of sp³-hybridized carbons (Fsp3) is 0.556. The Labute approximate surface area is 76.9 Å².